The second-order valence-corrected chi connectivity index (χ2v) is 5.62. The van der Waals surface area contributed by atoms with E-state index >= 15 is 0 Å². The van der Waals surface area contributed by atoms with Gasteiger partial charge in [-0.15, -0.1) is 11.3 Å². The van der Waals surface area contributed by atoms with Gasteiger partial charge in [0.25, 0.3) is 5.91 Å². The summed E-state index contributed by atoms with van der Waals surface area (Å²) in [5, 5.41) is 4.80. The molecule has 0 aliphatic heterocycles. The predicted molar refractivity (Wildman–Crippen MR) is 88.1 cm³/mol. The first-order valence-electron chi connectivity index (χ1n) is 6.74. The number of rotatable bonds is 2. The number of aryl methyl sites for hydroxylation is 1. The van der Waals surface area contributed by atoms with Crippen LogP contribution in [-0.4, -0.2) is 5.91 Å². The van der Waals surface area contributed by atoms with Gasteiger partial charge in [-0.2, -0.15) is 0 Å². The minimum Gasteiger partial charge on any atom is -0.456 e. The van der Waals surface area contributed by atoms with E-state index < -0.39 is 0 Å². The van der Waals surface area contributed by atoms with Gasteiger partial charge in [0.1, 0.15) is 5.76 Å². The van der Waals surface area contributed by atoms with Gasteiger partial charge >= 0.3 is 0 Å². The number of nitrogens with one attached hydrogen (secondary N) is 1. The van der Waals surface area contributed by atoms with Gasteiger partial charge in [0.15, 0.2) is 5.76 Å². The van der Waals surface area contributed by atoms with Crippen molar-refractivity contribution in [3.63, 3.8) is 0 Å². The molecule has 2 heterocycles. The molecule has 0 aliphatic carbocycles. The first kappa shape index (κ1) is 14.2. The van der Waals surface area contributed by atoms with E-state index in [9.17, 15) is 4.79 Å². The molecule has 2 aromatic heterocycles. The maximum absolute atomic E-state index is 12.0. The van der Waals surface area contributed by atoms with Gasteiger partial charge in [0, 0.05) is 11.3 Å². The highest BCUT2D eigenvalue weighted by Gasteiger charge is 2.09. The van der Waals surface area contributed by atoms with Gasteiger partial charge in [0.2, 0.25) is 0 Å². The summed E-state index contributed by atoms with van der Waals surface area (Å²) in [4.78, 5) is 13.1. The summed E-state index contributed by atoms with van der Waals surface area (Å²) in [5.41, 5.74) is 1.54. The Bertz CT molecular complexity index is 851. The van der Waals surface area contributed by atoms with Gasteiger partial charge < -0.3 is 9.73 Å². The van der Waals surface area contributed by atoms with Crippen molar-refractivity contribution in [2.24, 2.45) is 0 Å². The van der Waals surface area contributed by atoms with Crippen molar-refractivity contribution in [2.75, 3.05) is 5.32 Å². The molecule has 0 unspecified atom stereocenters. The molecule has 3 nitrogen and oxygen atoms in total. The Kier molecular flexibility index (Phi) is 4.08. The Morgan fingerprint density at radius 3 is 2.77 bits per heavy atom. The lowest BCUT2D eigenvalue weighted by molar-refractivity contribution is 0.0995. The van der Waals surface area contributed by atoms with Crippen LogP contribution in [0.2, 0.25) is 0 Å². The number of thiophene rings is 1. The van der Waals surface area contributed by atoms with E-state index in [1.165, 1.54) is 0 Å². The number of carbonyl (C=O) groups is 1. The summed E-state index contributed by atoms with van der Waals surface area (Å²) < 4.78 is 5.31. The van der Waals surface area contributed by atoms with Gasteiger partial charge in [-0.05, 0) is 48.7 Å². The van der Waals surface area contributed by atoms with E-state index in [0.717, 1.165) is 10.4 Å². The minimum absolute atomic E-state index is 0.267. The zero-order valence-electron chi connectivity index (χ0n) is 11.9. The van der Waals surface area contributed by atoms with Crippen molar-refractivity contribution in [1.29, 1.82) is 0 Å². The number of benzene rings is 1. The molecule has 0 radical (unpaired) electrons. The molecule has 1 amide bonds. The fourth-order valence-electron chi connectivity index (χ4n) is 1.91. The quantitative estimate of drug-likeness (QED) is 0.717. The average Bonchev–Trinajstić information content (AvgIpc) is 3.17. The highest BCUT2D eigenvalue weighted by atomic mass is 32.1. The molecule has 0 saturated carbocycles. The molecule has 0 spiro atoms. The average molecular weight is 307 g/mol. The van der Waals surface area contributed by atoms with Crippen molar-refractivity contribution in [3.8, 4) is 11.8 Å². The first-order valence-corrected chi connectivity index (χ1v) is 7.62. The maximum Gasteiger partial charge on any atom is 0.291 e. The summed E-state index contributed by atoms with van der Waals surface area (Å²) in [6, 6.07) is 14.8. The number of hydrogen-bond acceptors (Lipinski definition) is 3. The van der Waals surface area contributed by atoms with Crippen LogP contribution < -0.4 is 5.32 Å². The summed E-state index contributed by atoms with van der Waals surface area (Å²) in [6.07, 6.45) is 0. The molecule has 0 saturated heterocycles. The fourth-order valence-corrected chi connectivity index (χ4v) is 2.48. The van der Waals surface area contributed by atoms with Crippen molar-refractivity contribution in [2.45, 2.75) is 6.92 Å². The van der Waals surface area contributed by atoms with E-state index in [2.05, 4.69) is 17.2 Å². The number of furan rings is 1. The van der Waals surface area contributed by atoms with Crippen molar-refractivity contribution >= 4 is 22.9 Å². The van der Waals surface area contributed by atoms with E-state index in [1.807, 2.05) is 41.8 Å². The van der Waals surface area contributed by atoms with E-state index in [4.69, 9.17) is 4.42 Å². The van der Waals surface area contributed by atoms with Crippen LogP contribution in [0.4, 0.5) is 5.69 Å². The van der Waals surface area contributed by atoms with Crippen LogP contribution in [-0.2, 0) is 0 Å². The molecule has 0 atom stereocenters. The number of carbonyl (C=O) groups excluding carboxylic acids is 1. The normalized spacial score (nSPS) is 9.86. The summed E-state index contributed by atoms with van der Waals surface area (Å²) in [5.74, 6) is 6.92. The molecule has 3 rings (SSSR count). The fraction of sp³-hybridized carbons (Fsp3) is 0.0556. The molecule has 1 N–H and O–H groups in total. The second kappa shape index (κ2) is 6.33. The van der Waals surface area contributed by atoms with Gasteiger partial charge in [-0.3, -0.25) is 4.79 Å². The Morgan fingerprint density at radius 1 is 1.14 bits per heavy atom. The molecular weight excluding hydrogens is 294 g/mol. The highest BCUT2D eigenvalue weighted by Crippen LogP contribution is 2.14. The van der Waals surface area contributed by atoms with Crippen LogP contribution in [0.25, 0.3) is 0 Å². The predicted octanol–water partition coefficient (Wildman–Crippen LogP) is 4.30. The maximum atomic E-state index is 12.0. The molecule has 0 aliphatic rings. The zero-order chi connectivity index (χ0) is 15.4. The molecule has 4 heteroatoms. The zero-order valence-corrected chi connectivity index (χ0v) is 12.7. The third-order valence-corrected chi connectivity index (χ3v) is 3.72. The minimum atomic E-state index is -0.267. The lowest BCUT2D eigenvalue weighted by Crippen LogP contribution is -2.10. The highest BCUT2D eigenvalue weighted by molar-refractivity contribution is 7.10. The molecular formula is C18H13NO2S. The summed E-state index contributed by atoms with van der Waals surface area (Å²) in [6.45, 7) is 1.80. The van der Waals surface area contributed by atoms with Crippen LogP contribution in [0.3, 0.4) is 0 Å². The van der Waals surface area contributed by atoms with Crippen LogP contribution in [0.1, 0.15) is 26.8 Å². The molecule has 0 fully saturated rings. The SMILES string of the molecule is Cc1ccc(C(=O)Nc2cccc(C#Cc3cccs3)c2)o1. The molecule has 3 aromatic rings. The van der Waals surface area contributed by atoms with Crippen LogP contribution in [0.5, 0.6) is 0 Å². The van der Waals surface area contributed by atoms with Gasteiger partial charge in [-0.25, -0.2) is 0 Å². The molecule has 1 aromatic carbocycles. The van der Waals surface area contributed by atoms with Gasteiger partial charge in [0.05, 0.1) is 4.88 Å². The largest absolute Gasteiger partial charge is 0.456 e. The van der Waals surface area contributed by atoms with Crippen LogP contribution >= 0.6 is 11.3 Å². The lowest BCUT2D eigenvalue weighted by atomic mass is 10.2. The van der Waals surface area contributed by atoms with E-state index in [1.54, 1.807) is 30.4 Å². The third kappa shape index (κ3) is 3.46. The second-order valence-electron chi connectivity index (χ2n) is 4.67. The van der Waals surface area contributed by atoms with E-state index in [-0.39, 0.29) is 5.91 Å². The molecule has 108 valence electrons. The number of anilines is 1. The molecule has 22 heavy (non-hydrogen) atoms. The van der Waals surface area contributed by atoms with E-state index in [0.29, 0.717) is 17.2 Å². The van der Waals surface area contributed by atoms with Crippen LogP contribution in [0.15, 0.2) is 58.3 Å². The Hall–Kier alpha value is -2.77. The van der Waals surface area contributed by atoms with Crippen molar-refractivity contribution < 1.29 is 9.21 Å². The number of amides is 1. The topological polar surface area (TPSA) is 42.2 Å². The first-order chi connectivity index (χ1) is 10.7. The molecule has 0 bridgehead atoms. The third-order valence-electron chi connectivity index (χ3n) is 2.94. The monoisotopic (exact) mass is 307 g/mol. The Morgan fingerprint density at radius 2 is 2.05 bits per heavy atom. The van der Waals surface area contributed by atoms with Crippen molar-refractivity contribution in [1.82, 2.24) is 0 Å². The lowest BCUT2D eigenvalue weighted by Gasteiger charge is -2.03. The Labute approximate surface area is 132 Å². The Balaban J connectivity index is 1.75. The smallest absolute Gasteiger partial charge is 0.291 e. The van der Waals surface area contributed by atoms with Crippen molar-refractivity contribution in [3.05, 3.63) is 75.9 Å². The number of hydrogen-bond donors (Lipinski definition) is 1. The standard InChI is InChI=1S/C18H13NO2S/c1-13-7-10-17(21-13)18(20)19-15-5-2-4-14(12-15)8-9-16-6-3-11-22-16/h2-7,10-12H,1H3,(H,19,20). The summed E-state index contributed by atoms with van der Waals surface area (Å²) >= 11 is 1.60. The van der Waals surface area contributed by atoms with Crippen LogP contribution in [0, 0.1) is 18.8 Å². The van der Waals surface area contributed by atoms with Gasteiger partial charge in [-0.1, -0.05) is 24.0 Å². The summed E-state index contributed by atoms with van der Waals surface area (Å²) in [7, 11) is 0.